The molecule has 0 nitrogen and oxygen atoms in total. The van der Waals surface area contributed by atoms with Gasteiger partial charge in [-0.1, -0.05) is 30.4 Å². The van der Waals surface area contributed by atoms with E-state index in [0.717, 1.165) is 11.3 Å². The molecule has 0 radical (unpaired) electrons. The summed E-state index contributed by atoms with van der Waals surface area (Å²) in [6.45, 7) is 0. The second-order valence-corrected chi connectivity index (χ2v) is 4.20. The molecule has 1 rings (SSSR count). The first-order chi connectivity index (χ1) is 4.34. The van der Waals surface area contributed by atoms with Crippen molar-refractivity contribution in [2.24, 2.45) is 0 Å². The molecule has 0 spiro atoms. The van der Waals surface area contributed by atoms with Gasteiger partial charge in [0.25, 0.3) is 0 Å². The van der Waals surface area contributed by atoms with Crippen LogP contribution in [-0.2, 0) is 0 Å². The molecule has 1 aliphatic carbocycles. The molecule has 0 amide bonds. The maximum atomic E-state index is 5.72. The Bertz CT molecular complexity index is 183. The van der Waals surface area contributed by atoms with Crippen LogP contribution in [0.2, 0.25) is 0 Å². The molecule has 0 aromatic rings. The van der Waals surface area contributed by atoms with E-state index in [9.17, 15) is 0 Å². The summed E-state index contributed by atoms with van der Waals surface area (Å²) >= 11 is 4.52. The standard InChI is InChI=1S/C6H5S.ClH.Mg/c7-6-4-2-1-3-5-6;;/h1-3H,4H2;1H;/q;;+1/p-1. The molecule has 0 aromatic heterocycles. The van der Waals surface area contributed by atoms with Crippen LogP contribution < -0.4 is 0 Å². The SMILES string of the molecule is S=C1CC=CC=[C]1[Mg][Cl]. The molecule has 0 fully saturated rings. The third kappa shape index (κ3) is 2.04. The number of thiocarbonyl (C=S) groups is 1. The first-order valence-electron chi connectivity index (χ1n) is 2.79. The first kappa shape index (κ1) is 7.73. The second-order valence-electron chi connectivity index (χ2n) is 1.88. The van der Waals surface area contributed by atoms with Crippen LogP contribution in [0.15, 0.2) is 21.9 Å². The Morgan fingerprint density at radius 1 is 1.67 bits per heavy atom. The summed E-state index contributed by atoms with van der Waals surface area (Å²) in [5.41, 5.74) is 0. The third-order valence-electron chi connectivity index (χ3n) is 1.24. The van der Waals surface area contributed by atoms with Crippen LogP contribution in [0.5, 0.6) is 0 Å². The Morgan fingerprint density at radius 2 is 2.44 bits per heavy atom. The molecule has 44 valence electrons. The maximum absolute atomic E-state index is 5.72. The number of rotatable bonds is 1. The Kier molecular flexibility index (Phi) is 3.19. The smallest absolute Gasteiger partial charge is 0.336 e. The Morgan fingerprint density at radius 3 is 2.89 bits per heavy atom. The molecule has 0 atom stereocenters. The topological polar surface area (TPSA) is 0 Å². The lowest BCUT2D eigenvalue weighted by atomic mass is 10.2. The minimum atomic E-state index is -0.538. The first-order valence-corrected chi connectivity index (χ1v) is 6.05. The van der Waals surface area contributed by atoms with Crippen molar-refractivity contribution in [1.82, 2.24) is 0 Å². The van der Waals surface area contributed by atoms with Crippen LogP contribution in [-0.4, -0.2) is 24.1 Å². The van der Waals surface area contributed by atoms with E-state index >= 15 is 0 Å². The van der Waals surface area contributed by atoms with Gasteiger partial charge in [-0.05, 0) is 11.3 Å². The van der Waals surface area contributed by atoms with Gasteiger partial charge in [0.05, 0.1) is 0 Å². The normalized spacial score (nSPS) is 17.0. The fraction of sp³-hybridized carbons (Fsp3) is 0.167. The van der Waals surface area contributed by atoms with Gasteiger partial charge in [-0.25, -0.2) is 0 Å². The monoisotopic (exact) mass is 168 g/mol. The van der Waals surface area contributed by atoms with Crippen molar-refractivity contribution in [2.75, 3.05) is 0 Å². The molecule has 9 heavy (non-hydrogen) atoms. The fourth-order valence-corrected chi connectivity index (χ4v) is 2.59. The van der Waals surface area contributed by atoms with Crippen molar-refractivity contribution in [3.63, 3.8) is 0 Å². The van der Waals surface area contributed by atoms with E-state index in [-0.39, 0.29) is 0 Å². The Hall–Kier alpha value is 0.626. The van der Waals surface area contributed by atoms with Gasteiger partial charge in [-0.3, -0.25) is 0 Å². The van der Waals surface area contributed by atoms with Gasteiger partial charge >= 0.3 is 19.3 Å². The average molecular weight is 169 g/mol. The van der Waals surface area contributed by atoms with Crippen LogP contribution in [0.25, 0.3) is 0 Å². The predicted molar refractivity (Wildman–Crippen MR) is 46.0 cm³/mol. The summed E-state index contributed by atoms with van der Waals surface area (Å²) in [5, 5.41) is 0. The average Bonchev–Trinajstić information content (AvgIpc) is 1.89. The van der Waals surface area contributed by atoms with Gasteiger partial charge < -0.3 is 9.07 Å². The molecule has 0 saturated heterocycles. The lowest BCUT2D eigenvalue weighted by molar-refractivity contribution is 1.49. The van der Waals surface area contributed by atoms with E-state index in [1.165, 1.54) is 3.70 Å². The number of halogens is 1. The molecule has 1 aliphatic rings. The van der Waals surface area contributed by atoms with Crippen LogP contribution in [0, 0.1) is 0 Å². The largest absolute Gasteiger partial charge is 0.539 e. The lowest BCUT2D eigenvalue weighted by Gasteiger charge is -2.05. The zero-order chi connectivity index (χ0) is 6.69. The van der Waals surface area contributed by atoms with E-state index in [0.29, 0.717) is 0 Å². The molecule has 0 unspecified atom stereocenters. The van der Waals surface area contributed by atoms with Gasteiger partial charge in [-0.15, -0.1) is 3.70 Å². The van der Waals surface area contributed by atoms with Crippen molar-refractivity contribution < 1.29 is 0 Å². The molecular formula is C6H5ClMgS. The van der Waals surface area contributed by atoms with Crippen molar-refractivity contribution >= 4 is 45.4 Å². The third-order valence-corrected chi connectivity index (χ3v) is 3.74. The molecule has 0 aliphatic heterocycles. The Labute approximate surface area is 73.5 Å². The zero-order valence-electron chi connectivity index (χ0n) is 4.93. The summed E-state index contributed by atoms with van der Waals surface area (Å²) in [4.78, 5) is 1.04. The van der Waals surface area contributed by atoms with Crippen LogP contribution >= 0.6 is 21.3 Å². The summed E-state index contributed by atoms with van der Waals surface area (Å²) in [6.07, 6.45) is 7.04. The minimum absolute atomic E-state index is 0.538. The van der Waals surface area contributed by atoms with E-state index in [2.05, 4.69) is 6.08 Å². The molecule has 0 N–H and O–H groups in total. The van der Waals surface area contributed by atoms with Crippen LogP contribution in [0.4, 0.5) is 0 Å². The fourth-order valence-electron chi connectivity index (χ4n) is 0.702. The molecule has 3 heteroatoms. The van der Waals surface area contributed by atoms with Crippen molar-refractivity contribution in [2.45, 2.75) is 6.42 Å². The highest BCUT2D eigenvalue weighted by molar-refractivity contribution is 7.81. The maximum Gasteiger partial charge on any atom is 0.539 e. The summed E-state index contributed by atoms with van der Waals surface area (Å²) in [5.74, 6) is 0. The van der Waals surface area contributed by atoms with E-state index in [1.807, 2.05) is 12.2 Å². The van der Waals surface area contributed by atoms with Gasteiger partial charge in [-0.2, -0.15) is 0 Å². The summed E-state index contributed by atoms with van der Waals surface area (Å²) in [6, 6.07) is 0. The Balaban J connectivity index is 2.74. The van der Waals surface area contributed by atoms with Crippen LogP contribution in [0.3, 0.4) is 0 Å². The quantitative estimate of drug-likeness (QED) is 0.427. The van der Waals surface area contributed by atoms with Gasteiger partial charge in [0, 0.05) is 0 Å². The summed E-state index contributed by atoms with van der Waals surface area (Å²) < 4.78 is 1.23. The molecular weight excluding hydrogens is 164 g/mol. The highest BCUT2D eigenvalue weighted by Gasteiger charge is 2.06. The van der Waals surface area contributed by atoms with Crippen molar-refractivity contribution in [3.8, 4) is 0 Å². The van der Waals surface area contributed by atoms with Gasteiger partial charge in [0.15, 0.2) is 0 Å². The number of hydrogen-bond acceptors (Lipinski definition) is 1. The lowest BCUT2D eigenvalue weighted by Crippen LogP contribution is -2.04. The predicted octanol–water partition coefficient (Wildman–Crippen LogP) is 2.06. The highest BCUT2D eigenvalue weighted by atomic mass is 35.5. The van der Waals surface area contributed by atoms with Gasteiger partial charge in [0.1, 0.15) is 0 Å². The highest BCUT2D eigenvalue weighted by Crippen LogP contribution is 2.08. The molecule has 0 bridgehead atoms. The minimum Gasteiger partial charge on any atom is -0.336 e. The molecule has 0 heterocycles. The van der Waals surface area contributed by atoms with E-state index in [4.69, 9.17) is 21.3 Å². The molecule has 0 saturated carbocycles. The number of hydrogen-bond donors (Lipinski definition) is 0. The summed E-state index contributed by atoms with van der Waals surface area (Å²) in [7, 11) is 5.72. The van der Waals surface area contributed by atoms with Gasteiger partial charge in [0.2, 0.25) is 0 Å². The van der Waals surface area contributed by atoms with Crippen molar-refractivity contribution in [3.05, 3.63) is 21.9 Å². The van der Waals surface area contributed by atoms with E-state index in [1.54, 1.807) is 0 Å². The number of allylic oxidation sites excluding steroid dienone is 4. The zero-order valence-corrected chi connectivity index (χ0v) is 7.92. The van der Waals surface area contributed by atoms with E-state index < -0.39 is 19.3 Å². The van der Waals surface area contributed by atoms with Crippen LogP contribution in [0.1, 0.15) is 6.42 Å². The van der Waals surface area contributed by atoms with Crippen molar-refractivity contribution in [1.29, 1.82) is 0 Å². The molecule has 0 aromatic carbocycles. The second kappa shape index (κ2) is 3.71.